The van der Waals surface area contributed by atoms with Gasteiger partial charge in [0.15, 0.2) is 0 Å². The molecule has 16 heavy (non-hydrogen) atoms. The quantitative estimate of drug-likeness (QED) is 0.440. The van der Waals surface area contributed by atoms with Crippen LogP contribution in [-0.2, 0) is 4.74 Å². The summed E-state index contributed by atoms with van der Waals surface area (Å²) in [7, 11) is 0. The molecule has 6 heteroatoms. The van der Waals surface area contributed by atoms with Crippen LogP contribution in [0.5, 0.6) is 0 Å². The van der Waals surface area contributed by atoms with Crippen molar-refractivity contribution < 1.29 is 20.1 Å². The highest BCUT2D eigenvalue weighted by Gasteiger charge is 2.03. The van der Waals surface area contributed by atoms with E-state index in [0.717, 1.165) is 17.9 Å². The van der Waals surface area contributed by atoms with Crippen molar-refractivity contribution in [1.82, 2.24) is 0 Å². The van der Waals surface area contributed by atoms with Crippen LogP contribution in [0, 0.1) is 0 Å². The smallest absolute Gasteiger partial charge is 0.0863 e. The summed E-state index contributed by atoms with van der Waals surface area (Å²) in [4.78, 5) is 0. The molecule has 3 N–H and O–H groups in total. The number of hydrogen-bond acceptors (Lipinski definition) is 6. The fourth-order valence-corrected chi connectivity index (χ4v) is 2.30. The molecular formula is C10H22O4S2. The van der Waals surface area contributed by atoms with Crippen LogP contribution in [0.25, 0.3) is 0 Å². The van der Waals surface area contributed by atoms with Gasteiger partial charge in [-0.3, -0.25) is 0 Å². The van der Waals surface area contributed by atoms with Gasteiger partial charge in [0.1, 0.15) is 0 Å². The zero-order chi connectivity index (χ0) is 12.1. The molecule has 0 bridgehead atoms. The predicted molar refractivity (Wildman–Crippen MR) is 70.3 cm³/mol. The summed E-state index contributed by atoms with van der Waals surface area (Å²) in [5.74, 6) is 3.03. The Labute approximate surface area is 106 Å². The topological polar surface area (TPSA) is 69.9 Å². The van der Waals surface area contributed by atoms with Crippen LogP contribution in [0.4, 0.5) is 0 Å². The summed E-state index contributed by atoms with van der Waals surface area (Å²) >= 11 is 3.23. The Morgan fingerprint density at radius 1 is 1.00 bits per heavy atom. The van der Waals surface area contributed by atoms with E-state index in [0.29, 0.717) is 24.7 Å². The molecule has 0 aliphatic rings. The molecular weight excluding hydrogens is 248 g/mol. The Hall–Kier alpha value is 0.540. The van der Waals surface area contributed by atoms with Crippen molar-refractivity contribution in [2.45, 2.75) is 12.5 Å². The van der Waals surface area contributed by atoms with Crippen molar-refractivity contribution in [2.24, 2.45) is 0 Å². The van der Waals surface area contributed by atoms with Gasteiger partial charge in [0, 0.05) is 23.9 Å². The van der Waals surface area contributed by atoms with Crippen LogP contribution in [0.3, 0.4) is 0 Å². The van der Waals surface area contributed by atoms with E-state index in [-0.39, 0.29) is 13.2 Å². The van der Waals surface area contributed by atoms with Crippen molar-refractivity contribution in [3.05, 3.63) is 0 Å². The second-order valence-electron chi connectivity index (χ2n) is 3.22. The molecule has 0 aromatic rings. The molecule has 0 amide bonds. The number of thioether (sulfide) groups is 2. The lowest BCUT2D eigenvalue weighted by Crippen LogP contribution is -2.19. The van der Waals surface area contributed by atoms with E-state index >= 15 is 0 Å². The van der Waals surface area contributed by atoms with Gasteiger partial charge in [-0.05, 0) is 12.2 Å². The average Bonchev–Trinajstić information content (AvgIpc) is 2.28. The summed E-state index contributed by atoms with van der Waals surface area (Å²) in [6.45, 7) is 1.40. The lowest BCUT2D eigenvalue weighted by molar-refractivity contribution is 0.0492. The van der Waals surface area contributed by atoms with E-state index in [2.05, 4.69) is 0 Å². The summed E-state index contributed by atoms with van der Waals surface area (Å²) in [5, 5.41) is 26.5. The summed E-state index contributed by atoms with van der Waals surface area (Å²) < 4.78 is 5.30. The van der Waals surface area contributed by atoms with Gasteiger partial charge in [0.2, 0.25) is 0 Å². The Balaban J connectivity index is 3.06. The van der Waals surface area contributed by atoms with Gasteiger partial charge in [-0.25, -0.2) is 0 Å². The highest BCUT2D eigenvalue weighted by atomic mass is 32.2. The van der Waals surface area contributed by atoms with Gasteiger partial charge in [-0.1, -0.05) is 0 Å². The molecule has 0 spiro atoms. The van der Waals surface area contributed by atoms with Crippen LogP contribution < -0.4 is 0 Å². The Kier molecular flexibility index (Phi) is 14.1. The van der Waals surface area contributed by atoms with Gasteiger partial charge in [-0.15, -0.1) is 0 Å². The number of hydrogen-bond donors (Lipinski definition) is 3. The van der Waals surface area contributed by atoms with E-state index in [1.54, 1.807) is 11.8 Å². The molecule has 0 aromatic carbocycles. The number of rotatable bonds is 12. The van der Waals surface area contributed by atoms with Crippen LogP contribution in [0.15, 0.2) is 0 Å². The van der Waals surface area contributed by atoms with E-state index in [9.17, 15) is 5.11 Å². The third-order valence-corrected chi connectivity index (χ3v) is 3.81. The minimum atomic E-state index is -0.443. The molecule has 1 unspecified atom stereocenters. The third kappa shape index (κ3) is 12.6. The van der Waals surface area contributed by atoms with Crippen LogP contribution in [0.1, 0.15) is 6.42 Å². The number of ether oxygens (including phenoxy) is 1. The monoisotopic (exact) mass is 270 g/mol. The largest absolute Gasteiger partial charge is 0.396 e. The first kappa shape index (κ1) is 16.5. The molecule has 0 rings (SSSR count). The van der Waals surface area contributed by atoms with Gasteiger partial charge in [0.25, 0.3) is 0 Å². The highest BCUT2D eigenvalue weighted by Crippen LogP contribution is 2.04. The molecule has 0 aliphatic heterocycles. The molecule has 0 radical (unpaired) electrons. The Bertz CT molecular complexity index is 138. The Morgan fingerprint density at radius 3 is 2.38 bits per heavy atom. The second kappa shape index (κ2) is 13.6. The molecule has 4 nitrogen and oxygen atoms in total. The molecule has 0 heterocycles. The van der Waals surface area contributed by atoms with Crippen molar-refractivity contribution in [2.75, 3.05) is 49.4 Å². The predicted octanol–water partition coefficient (Wildman–Crippen LogP) is 0.205. The summed E-state index contributed by atoms with van der Waals surface area (Å²) in [5.41, 5.74) is 0. The lowest BCUT2D eigenvalue weighted by Gasteiger charge is -2.10. The van der Waals surface area contributed by atoms with Gasteiger partial charge in [0.05, 0.1) is 25.9 Å². The molecule has 0 aromatic heterocycles. The first-order chi connectivity index (χ1) is 7.81. The van der Waals surface area contributed by atoms with Gasteiger partial charge >= 0.3 is 0 Å². The highest BCUT2D eigenvalue weighted by molar-refractivity contribution is 7.99. The summed E-state index contributed by atoms with van der Waals surface area (Å²) in [6.07, 6.45) is 0.503. The van der Waals surface area contributed by atoms with E-state index < -0.39 is 6.10 Å². The maximum absolute atomic E-state index is 9.45. The van der Waals surface area contributed by atoms with Crippen molar-refractivity contribution in [1.29, 1.82) is 0 Å². The average molecular weight is 270 g/mol. The van der Waals surface area contributed by atoms with Gasteiger partial charge in [-0.2, -0.15) is 23.5 Å². The first-order valence-corrected chi connectivity index (χ1v) is 7.75. The van der Waals surface area contributed by atoms with Crippen molar-refractivity contribution in [3.63, 3.8) is 0 Å². The SMILES string of the molecule is OCCSCCCOCC(O)CSCCO. The normalized spacial score (nSPS) is 12.9. The zero-order valence-corrected chi connectivity index (χ0v) is 11.1. The number of aliphatic hydroxyl groups is 3. The van der Waals surface area contributed by atoms with E-state index in [1.807, 2.05) is 0 Å². The second-order valence-corrected chi connectivity index (χ2v) is 5.59. The third-order valence-electron chi connectivity index (χ3n) is 1.67. The van der Waals surface area contributed by atoms with Crippen LogP contribution in [0.2, 0.25) is 0 Å². The minimum Gasteiger partial charge on any atom is -0.396 e. The molecule has 0 fully saturated rings. The van der Waals surface area contributed by atoms with Crippen LogP contribution >= 0.6 is 23.5 Å². The number of aliphatic hydroxyl groups excluding tert-OH is 3. The lowest BCUT2D eigenvalue weighted by atomic mass is 10.4. The molecule has 0 aliphatic carbocycles. The first-order valence-electron chi connectivity index (χ1n) is 5.44. The molecule has 0 saturated heterocycles. The van der Waals surface area contributed by atoms with Crippen molar-refractivity contribution >= 4 is 23.5 Å². The molecule has 98 valence electrons. The summed E-state index contributed by atoms with van der Waals surface area (Å²) in [6, 6.07) is 0. The van der Waals surface area contributed by atoms with E-state index in [4.69, 9.17) is 14.9 Å². The standard InChI is InChI=1S/C10H22O4S2/c11-2-6-15-5-1-4-14-8-10(13)9-16-7-3-12/h10-13H,1-9H2. The fourth-order valence-electron chi connectivity index (χ4n) is 0.981. The molecule has 1 atom stereocenters. The zero-order valence-electron chi connectivity index (χ0n) is 9.51. The fraction of sp³-hybridized carbons (Fsp3) is 1.00. The Morgan fingerprint density at radius 2 is 1.69 bits per heavy atom. The molecule has 0 saturated carbocycles. The van der Waals surface area contributed by atoms with Gasteiger partial charge < -0.3 is 20.1 Å². The minimum absolute atomic E-state index is 0.153. The van der Waals surface area contributed by atoms with E-state index in [1.165, 1.54) is 11.8 Å². The van der Waals surface area contributed by atoms with Crippen LogP contribution in [-0.4, -0.2) is 70.9 Å². The maximum atomic E-state index is 9.45. The maximum Gasteiger partial charge on any atom is 0.0863 e. The van der Waals surface area contributed by atoms with Crippen molar-refractivity contribution in [3.8, 4) is 0 Å².